The lowest BCUT2D eigenvalue weighted by atomic mass is 9.99. The summed E-state index contributed by atoms with van der Waals surface area (Å²) in [6.45, 7) is 1.52. The molecule has 3 aromatic rings. The monoisotopic (exact) mass is 396 g/mol. The lowest BCUT2D eigenvalue weighted by Crippen LogP contribution is -2.16. The van der Waals surface area contributed by atoms with Crippen LogP contribution in [0.25, 0.3) is 0 Å². The normalized spacial score (nSPS) is 11.7. The van der Waals surface area contributed by atoms with E-state index < -0.39 is 16.9 Å². The molecular weight excluding hydrogens is 380 g/mol. The number of rotatable bonds is 5. The third-order valence-electron chi connectivity index (χ3n) is 4.42. The molecule has 142 valence electrons. The molecule has 1 atom stereocenters. The van der Waals surface area contributed by atoms with E-state index >= 15 is 0 Å². The molecule has 0 radical (unpaired) electrons. The number of carbonyl (C=O) groups excluding carboxylic acids is 1. The molecule has 2 N–H and O–H groups in total. The Morgan fingerprint density at radius 3 is 2.50 bits per heavy atom. The van der Waals surface area contributed by atoms with Crippen LogP contribution in [0.3, 0.4) is 0 Å². The number of hydrogen-bond acceptors (Lipinski definition) is 4. The molecule has 0 saturated carbocycles. The molecule has 7 heteroatoms. The minimum Gasteiger partial charge on any atom is -0.384 e. The van der Waals surface area contributed by atoms with Crippen LogP contribution in [-0.4, -0.2) is 15.9 Å². The molecule has 0 heterocycles. The number of amides is 1. The number of nitrogens with zero attached hydrogens (tertiary/aromatic N) is 1. The van der Waals surface area contributed by atoms with Gasteiger partial charge in [-0.2, -0.15) is 0 Å². The van der Waals surface area contributed by atoms with E-state index in [1.54, 1.807) is 42.5 Å². The molecule has 0 aliphatic rings. The Labute approximate surface area is 166 Å². The number of nitro groups is 1. The highest BCUT2D eigenvalue weighted by atomic mass is 35.5. The van der Waals surface area contributed by atoms with Gasteiger partial charge in [-0.1, -0.05) is 48.0 Å². The van der Waals surface area contributed by atoms with Crippen LogP contribution in [0.5, 0.6) is 0 Å². The van der Waals surface area contributed by atoms with E-state index in [2.05, 4.69) is 5.32 Å². The van der Waals surface area contributed by atoms with Crippen molar-refractivity contribution in [3.63, 3.8) is 0 Å². The van der Waals surface area contributed by atoms with Gasteiger partial charge in [0.15, 0.2) is 0 Å². The Morgan fingerprint density at radius 2 is 1.82 bits per heavy atom. The summed E-state index contributed by atoms with van der Waals surface area (Å²) in [4.78, 5) is 23.3. The van der Waals surface area contributed by atoms with Gasteiger partial charge < -0.3 is 10.4 Å². The van der Waals surface area contributed by atoms with Gasteiger partial charge in [0.05, 0.1) is 4.92 Å². The smallest absolute Gasteiger partial charge is 0.273 e. The van der Waals surface area contributed by atoms with Crippen LogP contribution in [-0.2, 0) is 0 Å². The Bertz CT molecular complexity index is 1040. The summed E-state index contributed by atoms with van der Waals surface area (Å²) in [5.74, 6) is -0.509. The summed E-state index contributed by atoms with van der Waals surface area (Å²) in [5, 5.41) is 25.0. The minimum absolute atomic E-state index is 0.131. The van der Waals surface area contributed by atoms with Crippen LogP contribution < -0.4 is 5.32 Å². The Balaban J connectivity index is 1.96. The largest absolute Gasteiger partial charge is 0.384 e. The molecule has 1 amide bonds. The number of aliphatic hydroxyl groups excluding tert-OH is 1. The number of halogens is 1. The van der Waals surface area contributed by atoms with Gasteiger partial charge in [-0.3, -0.25) is 14.9 Å². The van der Waals surface area contributed by atoms with E-state index in [1.165, 1.54) is 25.1 Å². The summed E-state index contributed by atoms with van der Waals surface area (Å²) in [7, 11) is 0. The van der Waals surface area contributed by atoms with Gasteiger partial charge in [-0.05, 0) is 36.8 Å². The topological polar surface area (TPSA) is 92.5 Å². The van der Waals surface area contributed by atoms with Crippen LogP contribution in [0.15, 0.2) is 66.7 Å². The highest BCUT2D eigenvalue weighted by Crippen LogP contribution is 2.31. The maximum Gasteiger partial charge on any atom is 0.273 e. The standard InChI is InChI=1S/C21H17ClN2O4/c1-13-16(8-5-9-19(13)24(27)28)21(26)23-18-11-10-15(22)12-17(18)20(25)14-6-3-2-4-7-14/h2-12,20,25H,1H3,(H,23,26)/t20-/m1/s1. The van der Waals surface area contributed by atoms with Crippen LogP contribution in [0.4, 0.5) is 11.4 Å². The third kappa shape index (κ3) is 4.03. The summed E-state index contributed by atoms with van der Waals surface area (Å²) < 4.78 is 0. The van der Waals surface area contributed by atoms with Crippen LogP contribution >= 0.6 is 11.6 Å². The zero-order chi connectivity index (χ0) is 20.3. The second kappa shape index (κ2) is 8.21. The summed E-state index contributed by atoms with van der Waals surface area (Å²) in [6, 6.07) is 18.1. The molecule has 0 saturated heterocycles. The van der Waals surface area contributed by atoms with Crippen LogP contribution in [0.1, 0.15) is 33.2 Å². The number of aliphatic hydroxyl groups is 1. The van der Waals surface area contributed by atoms with E-state index in [9.17, 15) is 20.0 Å². The molecular formula is C21H17ClN2O4. The number of carbonyl (C=O) groups is 1. The molecule has 0 spiro atoms. The SMILES string of the molecule is Cc1c(C(=O)Nc2ccc(Cl)cc2[C@H](O)c2ccccc2)cccc1[N+](=O)[O-]. The molecule has 0 fully saturated rings. The lowest BCUT2D eigenvalue weighted by Gasteiger charge is -2.17. The zero-order valence-electron chi connectivity index (χ0n) is 14.9. The van der Waals surface area contributed by atoms with E-state index in [0.717, 1.165) is 0 Å². The Hall–Kier alpha value is -3.22. The van der Waals surface area contributed by atoms with Crippen LogP contribution in [0, 0.1) is 17.0 Å². The third-order valence-corrected chi connectivity index (χ3v) is 4.65. The average molecular weight is 397 g/mol. The van der Waals surface area contributed by atoms with Gasteiger partial charge in [0, 0.05) is 33.5 Å². The first kappa shape index (κ1) is 19.5. The van der Waals surface area contributed by atoms with E-state index in [0.29, 0.717) is 21.8 Å². The summed E-state index contributed by atoms with van der Waals surface area (Å²) in [5.41, 5.74) is 1.76. The van der Waals surface area contributed by atoms with Crippen molar-refractivity contribution < 1.29 is 14.8 Å². The summed E-state index contributed by atoms with van der Waals surface area (Å²) >= 11 is 6.08. The molecule has 28 heavy (non-hydrogen) atoms. The molecule has 3 aromatic carbocycles. The number of nitrogens with one attached hydrogen (secondary N) is 1. The average Bonchev–Trinajstić information content (AvgIpc) is 2.69. The second-order valence-corrected chi connectivity index (χ2v) is 6.64. The maximum atomic E-state index is 12.8. The first-order valence-corrected chi connectivity index (χ1v) is 8.84. The number of nitro benzene ring substituents is 1. The predicted molar refractivity (Wildman–Crippen MR) is 108 cm³/mol. The molecule has 6 nitrogen and oxygen atoms in total. The van der Waals surface area contributed by atoms with Crippen molar-refractivity contribution in [2.45, 2.75) is 13.0 Å². The number of anilines is 1. The number of benzene rings is 3. The van der Waals surface area contributed by atoms with Crippen molar-refractivity contribution in [2.75, 3.05) is 5.32 Å². The van der Waals surface area contributed by atoms with E-state index in [4.69, 9.17) is 11.6 Å². The Kier molecular flexibility index (Phi) is 5.73. The van der Waals surface area contributed by atoms with Gasteiger partial charge in [0.2, 0.25) is 0 Å². The highest BCUT2D eigenvalue weighted by Gasteiger charge is 2.21. The zero-order valence-corrected chi connectivity index (χ0v) is 15.7. The number of hydrogen-bond donors (Lipinski definition) is 2. The van der Waals surface area contributed by atoms with Crippen molar-refractivity contribution in [1.29, 1.82) is 0 Å². The first-order valence-electron chi connectivity index (χ1n) is 8.46. The fourth-order valence-corrected chi connectivity index (χ4v) is 3.13. The van der Waals surface area contributed by atoms with Gasteiger partial charge in [0.25, 0.3) is 11.6 Å². The maximum absolute atomic E-state index is 12.8. The minimum atomic E-state index is -0.999. The fourth-order valence-electron chi connectivity index (χ4n) is 2.95. The fraction of sp³-hybridized carbons (Fsp3) is 0.0952. The van der Waals surface area contributed by atoms with Crippen molar-refractivity contribution in [3.8, 4) is 0 Å². The quantitative estimate of drug-likeness (QED) is 0.474. The van der Waals surface area contributed by atoms with Crippen molar-refractivity contribution in [2.24, 2.45) is 0 Å². The molecule has 3 rings (SSSR count). The summed E-state index contributed by atoms with van der Waals surface area (Å²) in [6.07, 6.45) is -0.999. The van der Waals surface area contributed by atoms with Crippen molar-refractivity contribution >= 4 is 28.9 Å². The Morgan fingerprint density at radius 1 is 1.11 bits per heavy atom. The van der Waals surface area contributed by atoms with Gasteiger partial charge in [-0.25, -0.2) is 0 Å². The van der Waals surface area contributed by atoms with Crippen LogP contribution in [0.2, 0.25) is 5.02 Å². The van der Waals surface area contributed by atoms with Gasteiger partial charge >= 0.3 is 0 Å². The van der Waals surface area contributed by atoms with Gasteiger partial charge in [0.1, 0.15) is 6.10 Å². The molecule has 0 aliphatic carbocycles. The van der Waals surface area contributed by atoms with Crippen molar-refractivity contribution in [3.05, 3.63) is 104 Å². The second-order valence-electron chi connectivity index (χ2n) is 6.21. The lowest BCUT2D eigenvalue weighted by molar-refractivity contribution is -0.385. The molecule has 0 aliphatic heterocycles. The van der Waals surface area contributed by atoms with Crippen molar-refractivity contribution in [1.82, 2.24) is 0 Å². The first-order chi connectivity index (χ1) is 13.4. The van der Waals surface area contributed by atoms with Gasteiger partial charge in [-0.15, -0.1) is 0 Å². The molecule has 0 aromatic heterocycles. The highest BCUT2D eigenvalue weighted by molar-refractivity contribution is 6.30. The molecule has 0 bridgehead atoms. The predicted octanol–water partition coefficient (Wildman–Crippen LogP) is 4.89. The van der Waals surface area contributed by atoms with E-state index in [-0.39, 0.29) is 16.8 Å². The molecule has 0 unspecified atom stereocenters. The van der Waals surface area contributed by atoms with E-state index in [1.807, 2.05) is 6.07 Å².